The van der Waals surface area contributed by atoms with Gasteiger partial charge in [-0.15, -0.1) is 0 Å². The van der Waals surface area contributed by atoms with Gasteiger partial charge >= 0.3 is 6.03 Å². The number of urea groups is 1. The van der Waals surface area contributed by atoms with E-state index in [1.807, 2.05) is 84.9 Å². The van der Waals surface area contributed by atoms with E-state index in [1.165, 1.54) is 0 Å². The fourth-order valence-electron chi connectivity index (χ4n) is 2.57. The summed E-state index contributed by atoms with van der Waals surface area (Å²) in [6.07, 6.45) is 0. The van der Waals surface area contributed by atoms with Gasteiger partial charge in [0, 0.05) is 16.7 Å². The highest BCUT2D eigenvalue weighted by Crippen LogP contribution is 2.17. The number of rotatable bonds is 5. The van der Waals surface area contributed by atoms with Crippen LogP contribution in [-0.4, -0.2) is 6.03 Å². The number of halogens is 1. The van der Waals surface area contributed by atoms with E-state index < -0.39 is 0 Å². The molecule has 25 heavy (non-hydrogen) atoms. The summed E-state index contributed by atoms with van der Waals surface area (Å²) in [5.74, 6) is 0. The molecular formula is C21H19BrN2O. The number of nitrogens with one attached hydrogen (secondary N) is 1. The molecule has 0 aliphatic rings. The SMILES string of the molecule is O=C(NCc1cccc(Br)c1)N(Cc1ccccc1)c1ccccc1. The summed E-state index contributed by atoms with van der Waals surface area (Å²) in [6, 6.07) is 27.5. The normalized spacial score (nSPS) is 10.3. The molecule has 0 saturated carbocycles. The Morgan fingerprint density at radius 1 is 0.840 bits per heavy atom. The van der Waals surface area contributed by atoms with Crippen LogP contribution in [0.3, 0.4) is 0 Å². The van der Waals surface area contributed by atoms with Crippen LogP contribution in [-0.2, 0) is 13.1 Å². The van der Waals surface area contributed by atoms with Gasteiger partial charge in [0.05, 0.1) is 6.54 Å². The lowest BCUT2D eigenvalue weighted by Gasteiger charge is -2.23. The first-order valence-corrected chi connectivity index (χ1v) is 8.90. The summed E-state index contributed by atoms with van der Waals surface area (Å²) in [7, 11) is 0. The zero-order chi connectivity index (χ0) is 17.5. The van der Waals surface area contributed by atoms with Gasteiger partial charge in [0.25, 0.3) is 0 Å². The number of carbonyl (C=O) groups excluding carboxylic acids is 1. The van der Waals surface area contributed by atoms with Crippen LogP contribution in [0.4, 0.5) is 10.5 Å². The maximum absolute atomic E-state index is 12.8. The lowest BCUT2D eigenvalue weighted by molar-refractivity contribution is 0.245. The second-order valence-electron chi connectivity index (χ2n) is 5.70. The van der Waals surface area contributed by atoms with Crippen LogP contribution < -0.4 is 10.2 Å². The van der Waals surface area contributed by atoms with E-state index in [9.17, 15) is 4.79 Å². The molecule has 0 atom stereocenters. The number of benzene rings is 3. The molecule has 2 amide bonds. The summed E-state index contributed by atoms with van der Waals surface area (Å²) in [5.41, 5.74) is 3.01. The summed E-state index contributed by atoms with van der Waals surface area (Å²) in [6.45, 7) is 1.01. The number of hydrogen-bond acceptors (Lipinski definition) is 1. The molecule has 0 aromatic heterocycles. The van der Waals surface area contributed by atoms with E-state index in [2.05, 4.69) is 21.2 Å². The molecule has 0 unspecified atom stereocenters. The van der Waals surface area contributed by atoms with Gasteiger partial charge in [0.1, 0.15) is 0 Å². The number of anilines is 1. The first kappa shape index (κ1) is 17.2. The molecule has 3 aromatic carbocycles. The number of nitrogens with zero attached hydrogens (tertiary/aromatic N) is 1. The summed E-state index contributed by atoms with van der Waals surface area (Å²) >= 11 is 3.46. The number of carbonyl (C=O) groups is 1. The number of amides is 2. The third kappa shape index (κ3) is 4.94. The average molecular weight is 395 g/mol. The Hall–Kier alpha value is -2.59. The van der Waals surface area contributed by atoms with E-state index in [1.54, 1.807) is 4.90 Å². The van der Waals surface area contributed by atoms with E-state index in [4.69, 9.17) is 0 Å². The molecule has 0 aliphatic carbocycles. The Balaban J connectivity index is 1.75. The minimum Gasteiger partial charge on any atom is -0.334 e. The van der Waals surface area contributed by atoms with E-state index in [0.29, 0.717) is 13.1 Å². The second kappa shape index (κ2) is 8.49. The predicted molar refractivity (Wildman–Crippen MR) is 105 cm³/mol. The third-order valence-corrected chi connectivity index (χ3v) is 4.32. The van der Waals surface area contributed by atoms with Crippen molar-refractivity contribution in [1.29, 1.82) is 0 Å². The zero-order valence-electron chi connectivity index (χ0n) is 13.7. The number of para-hydroxylation sites is 1. The molecular weight excluding hydrogens is 376 g/mol. The highest BCUT2D eigenvalue weighted by atomic mass is 79.9. The van der Waals surface area contributed by atoms with Crippen LogP contribution in [0.15, 0.2) is 89.4 Å². The lowest BCUT2D eigenvalue weighted by Crippen LogP contribution is -2.39. The maximum Gasteiger partial charge on any atom is 0.322 e. The maximum atomic E-state index is 12.8. The van der Waals surface area contributed by atoms with Crippen LogP contribution in [0.2, 0.25) is 0 Å². The van der Waals surface area contributed by atoms with Gasteiger partial charge in [-0.2, -0.15) is 0 Å². The Morgan fingerprint density at radius 2 is 1.48 bits per heavy atom. The molecule has 0 saturated heterocycles. The second-order valence-corrected chi connectivity index (χ2v) is 6.61. The van der Waals surface area contributed by atoms with Crippen molar-refractivity contribution >= 4 is 27.6 Å². The van der Waals surface area contributed by atoms with Crippen LogP contribution in [0.25, 0.3) is 0 Å². The van der Waals surface area contributed by atoms with Crippen molar-refractivity contribution in [3.8, 4) is 0 Å². The monoisotopic (exact) mass is 394 g/mol. The standard InChI is InChI=1S/C21H19BrN2O/c22-19-11-7-10-18(14-19)15-23-21(25)24(20-12-5-2-6-13-20)16-17-8-3-1-4-9-17/h1-14H,15-16H2,(H,23,25). The summed E-state index contributed by atoms with van der Waals surface area (Å²) < 4.78 is 1.00. The molecule has 0 fully saturated rings. The molecule has 0 radical (unpaired) electrons. The molecule has 0 heterocycles. The van der Waals surface area contributed by atoms with Crippen molar-refractivity contribution in [1.82, 2.24) is 5.32 Å². The quantitative estimate of drug-likeness (QED) is 0.619. The average Bonchev–Trinajstić information content (AvgIpc) is 2.66. The summed E-state index contributed by atoms with van der Waals surface area (Å²) in [5, 5.41) is 3.01. The smallest absolute Gasteiger partial charge is 0.322 e. The topological polar surface area (TPSA) is 32.3 Å². The minimum absolute atomic E-state index is 0.116. The molecule has 0 bridgehead atoms. The van der Waals surface area contributed by atoms with Crippen molar-refractivity contribution in [3.63, 3.8) is 0 Å². The molecule has 3 rings (SSSR count). The van der Waals surface area contributed by atoms with E-state index in [0.717, 1.165) is 21.3 Å². The Kier molecular flexibility index (Phi) is 5.86. The van der Waals surface area contributed by atoms with Gasteiger partial charge in [0.2, 0.25) is 0 Å². The first-order chi connectivity index (χ1) is 12.2. The van der Waals surface area contributed by atoms with Crippen molar-refractivity contribution in [2.45, 2.75) is 13.1 Å². The van der Waals surface area contributed by atoms with Gasteiger partial charge in [-0.05, 0) is 35.4 Å². The van der Waals surface area contributed by atoms with Crippen molar-refractivity contribution in [3.05, 3.63) is 101 Å². The third-order valence-electron chi connectivity index (χ3n) is 3.83. The van der Waals surface area contributed by atoms with Crippen LogP contribution in [0, 0.1) is 0 Å². The Bertz CT molecular complexity index is 822. The molecule has 3 nitrogen and oxygen atoms in total. The first-order valence-electron chi connectivity index (χ1n) is 8.11. The molecule has 0 spiro atoms. The van der Waals surface area contributed by atoms with Gasteiger partial charge in [0.15, 0.2) is 0 Å². The van der Waals surface area contributed by atoms with Crippen LogP contribution >= 0.6 is 15.9 Å². The van der Waals surface area contributed by atoms with E-state index in [-0.39, 0.29) is 6.03 Å². The summed E-state index contributed by atoms with van der Waals surface area (Å²) in [4.78, 5) is 14.6. The molecule has 4 heteroatoms. The highest BCUT2D eigenvalue weighted by Gasteiger charge is 2.15. The fourth-order valence-corrected chi connectivity index (χ4v) is 3.02. The predicted octanol–water partition coefficient (Wildman–Crippen LogP) is 5.37. The fraction of sp³-hybridized carbons (Fsp3) is 0.0952. The zero-order valence-corrected chi connectivity index (χ0v) is 15.3. The van der Waals surface area contributed by atoms with E-state index >= 15 is 0 Å². The van der Waals surface area contributed by atoms with Gasteiger partial charge < -0.3 is 5.32 Å². The van der Waals surface area contributed by atoms with Crippen LogP contribution in [0.1, 0.15) is 11.1 Å². The largest absolute Gasteiger partial charge is 0.334 e. The van der Waals surface area contributed by atoms with Crippen molar-refractivity contribution in [2.75, 3.05) is 4.90 Å². The van der Waals surface area contributed by atoms with Gasteiger partial charge in [-0.25, -0.2) is 4.79 Å². The highest BCUT2D eigenvalue weighted by molar-refractivity contribution is 9.10. The Morgan fingerprint density at radius 3 is 2.16 bits per heavy atom. The van der Waals surface area contributed by atoms with Gasteiger partial charge in [-0.1, -0.05) is 76.6 Å². The lowest BCUT2D eigenvalue weighted by atomic mass is 10.2. The van der Waals surface area contributed by atoms with Gasteiger partial charge in [-0.3, -0.25) is 4.90 Å². The molecule has 3 aromatic rings. The molecule has 126 valence electrons. The van der Waals surface area contributed by atoms with Crippen molar-refractivity contribution < 1.29 is 4.79 Å². The minimum atomic E-state index is -0.116. The Labute approximate surface area is 156 Å². The number of hydrogen-bond donors (Lipinski definition) is 1. The van der Waals surface area contributed by atoms with Crippen molar-refractivity contribution in [2.24, 2.45) is 0 Å². The molecule has 1 N–H and O–H groups in total. The van der Waals surface area contributed by atoms with Crippen LogP contribution in [0.5, 0.6) is 0 Å². The molecule has 0 aliphatic heterocycles.